The fraction of sp³-hybridized carbons (Fsp3) is 0.462. The molecule has 2 unspecified atom stereocenters. The van der Waals surface area contributed by atoms with Crippen LogP contribution in [0.5, 0.6) is 0 Å². The fourth-order valence-corrected chi connectivity index (χ4v) is 5.34. The van der Waals surface area contributed by atoms with Gasteiger partial charge in [0.25, 0.3) is 0 Å². The van der Waals surface area contributed by atoms with Gasteiger partial charge in [0.15, 0.2) is 0 Å². The van der Waals surface area contributed by atoms with Crippen molar-refractivity contribution in [2.45, 2.75) is 58.6 Å². The first kappa shape index (κ1) is 23.4. The molecule has 31 heavy (non-hydrogen) atoms. The van der Waals surface area contributed by atoms with Crippen LogP contribution in [0.15, 0.2) is 54.3 Å². The summed E-state index contributed by atoms with van der Waals surface area (Å²) in [5.74, 6) is 0.646. The second kappa shape index (κ2) is 10.4. The van der Waals surface area contributed by atoms with Crippen molar-refractivity contribution in [3.05, 3.63) is 71.0 Å². The Morgan fingerprint density at radius 2 is 2.10 bits per heavy atom. The lowest BCUT2D eigenvalue weighted by Gasteiger charge is -2.24. The van der Waals surface area contributed by atoms with Crippen LogP contribution in [0.25, 0.3) is 0 Å². The summed E-state index contributed by atoms with van der Waals surface area (Å²) in [6.45, 7) is 12.5. The zero-order valence-corrected chi connectivity index (χ0v) is 19.9. The first-order valence-corrected chi connectivity index (χ1v) is 12.0. The molecule has 1 aromatic carbocycles. The van der Waals surface area contributed by atoms with Gasteiger partial charge in [-0.1, -0.05) is 55.5 Å². The van der Waals surface area contributed by atoms with E-state index in [1.807, 2.05) is 30.9 Å². The van der Waals surface area contributed by atoms with Gasteiger partial charge in [-0.05, 0) is 80.5 Å². The van der Waals surface area contributed by atoms with Crippen molar-refractivity contribution in [2.24, 2.45) is 11.8 Å². The average molecular weight is 439 g/mol. The Hall–Kier alpha value is -2.27. The highest BCUT2D eigenvalue weighted by Crippen LogP contribution is 2.32. The van der Waals surface area contributed by atoms with Crippen molar-refractivity contribution in [1.29, 1.82) is 0 Å². The molecular formula is C26H34N2O2S. The maximum Gasteiger partial charge on any atom is 0.242 e. The molecule has 0 bridgehead atoms. The number of carbonyl (C=O) groups excluding carboxylic acids is 2. The molecule has 2 aliphatic rings. The summed E-state index contributed by atoms with van der Waals surface area (Å²) in [5, 5.41) is -0.245. The van der Waals surface area contributed by atoms with Gasteiger partial charge < -0.3 is 4.90 Å². The molecule has 0 spiro atoms. The molecule has 0 radical (unpaired) electrons. The van der Waals surface area contributed by atoms with Gasteiger partial charge in [-0.2, -0.15) is 0 Å². The van der Waals surface area contributed by atoms with Crippen molar-refractivity contribution in [3.63, 3.8) is 0 Å². The van der Waals surface area contributed by atoms with E-state index in [0.717, 1.165) is 30.5 Å². The van der Waals surface area contributed by atoms with Gasteiger partial charge in [-0.25, -0.2) is 0 Å². The minimum Gasteiger partial charge on any atom is -0.315 e. The first-order valence-electron chi connectivity index (χ1n) is 11.1. The van der Waals surface area contributed by atoms with E-state index in [2.05, 4.69) is 43.3 Å². The highest BCUT2D eigenvalue weighted by atomic mass is 32.2. The normalized spacial score (nSPS) is 24.2. The van der Waals surface area contributed by atoms with Crippen LogP contribution in [0.3, 0.4) is 0 Å². The molecule has 166 valence electrons. The summed E-state index contributed by atoms with van der Waals surface area (Å²) >= 11 is 1.29. The molecule has 4 nitrogen and oxygen atoms in total. The lowest BCUT2D eigenvalue weighted by atomic mass is 9.81. The third kappa shape index (κ3) is 5.70. The second-order valence-corrected chi connectivity index (χ2v) is 9.89. The molecule has 1 aliphatic heterocycles. The van der Waals surface area contributed by atoms with Gasteiger partial charge in [-0.3, -0.25) is 14.3 Å². The maximum absolute atomic E-state index is 13.0. The standard InChI is InChI=1S/C26H34N2O2S/c1-6-7-8-18(3)20(5)28-16-19(4)25(26(28)30)31-27-24(29)15-21-10-12-22-13-17(2)9-11-23(22)14-21/h6-9,11,13,19,21,25H,1,10,12,14-16H2,2-5H3,(H,27,29)/b8-7-,20-18+/t19?,21?,25-/m0/s1. The molecular weight excluding hydrogens is 404 g/mol. The van der Waals surface area contributed by atoms with Gasteiger partial charge in [0.2, 0.25) is 11.8 Å². The van der Waals surface area contributed by atoms with Crippen LogP contribution in [-0.4, -0.2) is 28.5 Å². The van der Waals surface area contributed by atoms with Crippen molar-refractivity contribution < 1.29 is 9.59 Å². The smallest absolute Gasteiger partial charge is 0.242 e. The Balaban J connectivity index is 1.53. The Morgan fingerprint density at radius 1 is 1.32 bits per heavy atom. The third-order valence-corrected chi connectivity index (χ3v) is 7.69. The number of hydrogen-bond donors (Lipinski definition) is 1. The number of fused-ring (bicyclic) bond motifs is 1. The summed E-state index contributed by atoms with van der Waals surface area (Å²) in [6, 6.07) is 6.63. The van der Waals surface area contributed by atoms with E-state index in [1.165, 1.54) is 28.6 Å². The Morgan fingerprint density at radius 3 is 2.84 bits per heavy atom. The van der Waals surface area contributed by atoms with Gasteiger partial charge in [0.05, 0.1) is 0 Å². The zero-order valence-electron chi connectivity index (χ0n) is 19.1. The van der Waals surface area contributed by atoms with E-state index in [-0.39, 0.29) is 23.0 Å². The lowest BCUT2D eigenvalue weighted by molar-refractivity contribution is -0.125. The Bertz CT molecular complexity index is 918. The third-order valence-electron chi connectivity index (χ3n) is 6.42. The minimum absolute atomic E-state index is 0.0290. The Labute approximate surface area is 191 Å². The summed E-state index contributed by atoms with van der Waals surface area (Å²) in [7, 11) is 0. The molecule has 5 heteroatoms. The maximum atomic E-state index is 13.0. The van der Waals surface area contributed by atoms with E-state index in [1.54, 1.807) is 6.08 Å². The molecule has 1 fully saturated rings. The average Bonchev–Trinajstić information content (AvgIpc) is 3.03. The highest BCUT2D eigenvalue weighted by Gasteiger charge is 2.39. The van der Waals surface area contributed by atoms with E-state index in [0.29, 0.717) is 18.9 Å². The number of nitrogens with one attached hydrogen (secondary N) is 1. The monoisotopic (exact) mass is 438 g/mol. The molecule has 1 aromatic rings. The summed E-state index contributed by atoms with van der Waals surface area (Å²) in [6.07, 6.45) is 9.13. The van der Waals surface area contributed by atoms with Crippen molar-refractivity contribution in [1.82, 2.24) is 9.62 Å². The number of carbonyl (C=O) groups is 2. The van der Waals surface area contributed by atoms with Gasteiger partial charge >= 0.3 is 0 Å². The van der Waals surface area contributed by atoms with Crippen LogP contribution < -0.4 is 4.72 Å². The molecule has 1 saturated heterocycles. The number of amides is 2. The van der Waals surface area contributed by atoms with E-state index < -0.39 is 0 Å². The molecule has 2 amide bonds. The summed E-state index contributed by atoms with van der Waals surface area (Å²) in [5.41, 5.74) is 6.11. The largest absolute Gasteiger partial charge is 0.315 e. The minimum atomic E-state index is -0.245. The molecule has 3 atom stereocenters. The van der Waals surface area contributed by atoms with Crippen LogP contribution in [0, 0.1) is 18.8 Å². The molecule has 1 N–H and O–H groups in total. The van der Waals surface area contributed by atoms with Crippen LogP contribution in [-0.2, 0) is 22.4 Å². The second-order valence-electron chi connectivity index (χ2n) is 8.94. The van der Waals surface area contributed by atoms with Crippen LogP contribution >= 0.6 is 11.9 Å². The lowest BCUT2D eigenvalue weighted by Crippen LogP contribution is -2.31. The number of allylic oxidation sites excluding steroid dienone is 5. The predicted molar refractivity (Wildman–Crippen MR) is 129 cm³/mol. The predicted octanol–water partition coefficient (Wildman–Crippen LogP) is 5.14. The van der Waals surface area contributed by atoms with E-state index in [9.17, 15) is 9.59 Å². The number of benzene rings is 1. The van der Waals surface area contributed by atoms with Crippen molar-refractivity contribution in [2.75, 3.05) is 6.54 Å². The number of nitrogens with zero attached hydrogens (tertiary/aromatic N) is 1. The molecule has 0 saturated carbocycles. The van der Waals surface area contributed by atoms with Gasteiger partial charge in [0, 0.05) is 18.7 Å². The fourth-order valence-electron chi connectivity index (χ4n) is 4.45. The zero-order chi connectivity index (χ0) is 22.5. The van der Waals surface area contributed by atoms with E-state index >= 15 is 0 Å². The topological polar surface area (TPSA) is 49.4 Å². The van der Waals surface area contributed by atoms with Crippen molar-refractivity contribution >= 4 is 23.8 Å². The summed E-state index contributed by atoms with van der Waals surface area (Å²) < 4.78 is 2.98. The van der Waals surface area contributed by atoms with Crippen LogP contribution in [0.1, 0.15) is 50.3 Å². The Kier molecular flexibility index (Phi) is 7.82. The van der Waals surface area contributed by atoms with Gasteiger partial charge in [0.1, 0.15) is 5.25 Å². The van der Waals surface area contributed by atoms with Crippen LogP contribution in [0.4, 0.5) is 0 Å². The number of hydrogen-bond acceptors (Lipinski definition) is 3. The van der Waals surface area contributed by atoms with E-state index in [4.69, 9.17) is 0 Å². The number of aryl methyl sites for hydroxylation is 2. The first-order chi connectivity index (χ1) is 14.8. The molecule has 3 rings (SSSR count). The molecule has 0 aromatic heterocycles. The summed E-state index contributed by atoms with van der Waals surface area (Å²) in [4.78, 5) is 27.4. The highest BCUT2D eigenvalue weighted by molar-refractivity contribution is 7.99. The SMILES string of the molecule is C=C/C=C\C(C)=C(/C)N1CC(C)[C@H](SNC(=O)CC2CCc3cc(C)ccc3C2)C1=O. The quantitative estimate of drug-likeness (QED) is 0.474. The number of likely N-dealkylation sites (tertiary alicyclic amines) is 1. The molecule has 1 aliphatic carbocycles. The van der Waals surface area contributed by atoms with Crippen LogP contribution in [0.2, 0.25) is 0 Å². The number of rotatable bonds is 7. The molecule has 1 heterocycles. The van der Waals surface area contributed by atoms with Crippen molar-refractivity contribution in [3.8, 4) is 0 Å². The van der Waals surface area contributed by atoms with Gasteiger partial charge in [-0.15, -0.1) is 0 Å².